The summed E-state index contributed by atoms with van der Waals surface area (Å²) in [6.45, 7) is 2.65. The maximum atomic E-state index is 12.8. The summed E-state index contributed by atoms with van der Waals surface area (Å²) in [5, 5.41) is 4.84. The number of alkyl carbamates (subject to hydrolysis) is 1. The molecule has 6 nitrogen and oxygen atoms in total. The molecule has 0 aliphatic heterocycles. The van der Waals surface area contributed by atoms with E-state index >= 15 is 0 Å². The van der Waals surface area contributed by atoms with Gasteiger partial charge in [-0.3, -0.25) is 4.98 Å². The third kappa shape index (κ3) is 5.40. The van der Waals surface area contributed by atoms with Crippen molar-refractivity contribution in [2.75, 3.05) is 20.3 Å². The van der Waals surface area contributed by atoms with E-state index in [-0.39, 0.29) is 6.61 Å². The number of amides is 1. The van der Waals surface area contributed by atoms with E-state index < -0.39 is 17.8 Å². The van der Waals surface area contributed by atoms with Gasteiger partial charge < -0.3 is 19.4 Å². The standard InChI is InChI=1S/C26H24F3N3O3/c1-17-24-22(10-11-30-17)21-9-8-20(34-2)16-23(21)32(24)13-12-31-25(33)35-14-4-6-18-5-3-7-19(15-18)26(27,28)29/h3-11,15-16H,12-14H2,1-2H3,(H,31,33)/b6-4+. The molecule has 0 bridgehead atoms. The number of ether oxygens (including phenoxy) is 2. The third-order valence-corrected chi connectivity index (χ3v) is 5.60. The largest absolute Gasteiger partial charge is 0.497 e. The van der Waals surface area contributed by atoms with Gasteiger partial charge in [-0.1, -0.05) is 18.2 Å². The number of fused-ring (bicyclic) bond motifs is 3. The molecule has 0 unspecified atom stereocenters. The van der Waals surface area contributed by atoms with E-state index in [1.165, 1.54) is 18.2 Å². The molecule has 35 heavy (non-hydrogen) atoms. The Morgan fingerprint density at radius 2 is 1.97 bits per heavy atom. The molecule has 0 saturated heterocycles. The monoisotopic (exact) mass is 483 g/mol. The van der Waals surface area contributed by atoms with Gasteiger partial charge >= 0.3 is 12.3 Å². The number of alkyl halides is 3. The van der Waals surface area contributed by atoms with Gasteiger partial charge in [0, 0.05) is 36.1 Å². The minimum atomic E-state index is -4.41. The Hall–Kier alpha value is -4.01. The van der Waals surface area contributed by atoms with Crippen LogP contribution in [0.5, 0.6) is 5.75 Å². The number of carbonyl (C=O) groups is 1. The van der Waals surface area contributed by atoms with Crippen LogP contribution in [0.25, 0.3) is 27.9 Å². The Morgan fingerprint density at radius 1 is 1.14 bits per heavy atom. The average Bonchev–Trinajstić information content (AvgIpc) is 3.15. The van der Waals surface area contributed by atoms with E-state index in [4.69, 9.17) is 9.47 Å². The molecular weight excluding hydrogens is 459 g/mol. The highest BCUT2D eigenvalue weighted by Gasteiger charge is 2.30. The Balaban J connectivity index is 1.37. The predicted molar refractivity (Wildman–Crippen MR) is 128 cm³/mol. The number of rotatable bonds is 7. The van der Waals surface area contributed by atoms with E-state index in [0.717, 1.165) is 45.4 Å². The maximum absolute atomic E-state index is 12.8. The zero-order valence-electron chi connectivity index (χ0n) is 19.2. The molecule has 4 rings (SSSR count). The quantitative estimate of drug-likeness (QED) is 0.352. The molecule has 1 N–H and O–H groups in total. The summed E-state index contributed by atoms with van der Waals surface area (Å²) in [6, 6.07) is 12.7. The summed E-state index contributed by atoms with van der Waals surface area (Å²) < 4.78 is 51.0. The van der Waals surface area contributed by atoms with Gasteiger partial charge in [-0.2, -0.15) is 13.2 Å². The van der Waals surface area contributed by atoms with Crippen LogP contribution in [0.2, 0.25) is 0 Å². The second-order valence-corrected chi connectivity index (χ2v) is 7.88. The molecule has 9 heteroatoms. The Morgan fingerprint density at radius 3 is 2.74 bits per heavy atom. The molecular formula is C26H24F3N3O3. The van der Waals surface area contributed by atoms with Gasteiger partial charge in [-0.15, -0.1) is 0 Å². The number of halogens is 3. The van der Waals surface area contributed by atoms with Crippen LogP contribution in [-0.4, -0.2) is 35.9 Å². The highest BCUT2D eigenvalue weighted by molar-refractivity contribution is 6.09. The number of methoxy groups -OCH3 is 1. The van der Waals surface area contributed by atoms with Crippen LogP contribution in [0.15, 0.2) is 60.8 Å². The van der Waals surface area contributed by atoms with E-state index in [1.54, 1.807) is 19.4 Å². The number of nitrogens with zero attached hydrogens (tertiary/aromatic N) is 2. The Bertz CT molecular complexity index is 1390. The highest BCUT2D eigenvalue weighted by atomic mass is 19.4. The van der Waals surface area contributed by atoms with Crippen molar-refractivity contribution in [2.24, 2.45) is 0 Å². The van der Waals surface area contributed by atoms with Crippen molar-refractivity contribution in [3.8, 4) is 5.75 Å². The third-order valence-electron chi connectivity index (χ3n) is 5.60. The van der Waals surface area contributed by atoms with Gasteiger partial charge in [-0.25, -0.2) is 4.79 Å². The van der Waals surface area contributed by atoms with Crippen LogP contribution in [-0.2, 0) is 17.5 Å². The Kier molecular flexibility index (Phi) is 6.95. The lowest BCUT2D eigenvalue weighted by Gasteiger charge is -2.10. The zero-order chi connectivity index (χ0) is 25.0. The van der Waals surface area contributed by atoms with Gasteiger partial charge in [0.25, 0.3) is 0 Å². The SMILES string of the molecule is COc1ccc2c3ccnc(C)c3n(CCNC(=O)OC/C=C/c3cccc(C(F)(F)F)c3)c2c1. The Labute approximate surface area is 200 Å². The summed E-state index contributed by atoms with van der Waals surface area (Å²) >= 11 is 0. The lowest BCUT2D eigenvalue weighted by atomic mass is 10.1. The van der Waals surface area contributed by atoms with Crippen molar-refractivity contribution in [1.82, 2.24) is 14.9 Å². The van der Waals surface area contributed by atoms with Crippen LogP contribution in [0, 0.1) is 6.92 Å². The van der Waals surface area contributed by atoms with Gasteiger partial charge in [-0.05, 0) is 48.9 Å². The highest BCUT2D eigenvalue weighted by Crippen LogP contribution is 2.32. The molecule has 0 atom stereocenters. The predicted octanol–water partition coefficient (Wildman–Crippen LogP) is 5.96. The molecule has 1 amide bonds. The summed E-state index contributed by atoms with van der Waals surface area (Å²) in [5.74, 6) is 0.729. The number of aromatic nitrogens is 2. The van der Waals surface area contributed by atoms with Crippen LogP contribution in [0.4, 0.5) is 18.0 Å². The summed E-state index contributed by atoms with van der Waals surface area (Å²) in [7, 11) is 1.61. The smallest absolute Gasteiger partial charge is 0.416 e. The summed E-state index contributed by atoms with van der Waals surface area (Å²) in [4.78, 5) is 16.5. The number of hydrogen-bond acceptors (Lipinski definition) is 4. The minimum absolute atomic E-state index is 0.0717. The number of pyridine rings is 1. The van der Waals surface area contributed by atoms with Crippen molar-refractivity contribution >= 4 is 34.0 Å². The van der Waals surface area contributed by atoms with E-state index in [9.17, 15) is 18.0 Å². The van der Waals surface area contributed by atoms with E-state index in [1.807, 2.05) is 31.2 Å². The molecule has 0 spiro atoms. The van der Waals surface area contributed by atoms with Gasteiger partial charge in [0.05, 0.1) is 29.4 Å². The fourth-order valence-corrected chi connectivity index (χ4v) is 4.01. The normalized spacial score (nSPS) is 11.9. The molecule has 2 aromatic carbocycles. The zero-order valence-corrected chi connectivity index (χ0v) is 19.2. The summed E-state index contributed by atoms with van der Waals surface area (Å²) in [5.41, 5.74) is 2.46. The average molecular weight is 483 g/mol. The topological polar surface area (TPSA) is 65.4 Å². The molecule has 0 radical (unpaired) electrons. The molecule has 2 aromatic heterocycles. The second kappa shape index (κ2) is 10.1. The van der Waals surface area contributed by atoms with Crippen molar-refractivity contribution in [3.63, 3.8) is 0 Å². The van der Waals surface area contributed by atoms with Crippen molar-refractivity contribution < 1.29 is 27.4 Å². The molecule has 0 aliphatic carbocycles. The first-order valence-corrected chi connectivity index (χ1v) is 10.9. The molecule has 2 heterocycles. The van der Waals surface area contributed by atoms with Gasteiger partial charge in [0.1, 0.15) is 12.4 Å². The fraction of sp³-hybridized carbons (Fsp3) is 0.231. The van der Waals surface area contributed by atoms with E-state index in [0.29, 0.717) is 18.7 Å². The first kappa shape index (κ1) is 24.1. The minimum Gasteiger partial charge on any atom is -0.497 e. The number of carbonyl (C=O) groups excluding carboxylic acids is 1. The van der Waals surface area contributed by atoms with Crippen molar-refractivity contribution in [2.45, 2.75) is 19.6 Å². The number of hydrogen-bond donors (Lipinski definition) is 1. The van der Waals surface area contributed by atoms with Crippen LogP contribution < -0.4 is 10.1 Å². The van der Waals surface area contributed by atoms with Crippen LogP contribution in [0.1, 0.15) is 16.8 Å². The van der Waals surface area contributed by atoms with Gasteiger partial charge in [0.15, 0.2) is 0 Å². The second-order valence-electron chi connectivity index (χ2n) is 7.88. The molecule has 0 aliphatic rings. The lowest BCUT2D eigenvalue weighted by Crippen LogP contribution is -2.28. The first-order valence-electron chi connectivity index (χ1n) is 10.9. The molecule has 182 valence electrons. The molecule has 0 fully saturated rings. The molecule has 0 saturated carbocycles. The van der Waals surface area contributed by atoms with Crippen molar-refractivity contribution in [3.05, 3.63) is 77.6 Å². The van der Waals surface area contributed by atoms with Crippen molar-refractivity contribution in [1.29, 1.82) is 0 Å². The summed E-state index contributed by atoms with van der Waals surface area (Å²) in [6.07, 6.45) is -0.288. The van der Waals surface area contributed by atoms with E-state index in [2.05, 4.69) is 14.9 Å². The number of benzene rings is 2. The fourth-order valence-electron chi connectivity index (χ4n) is 4.01. The van der Waals surface area contributed by atoms with Gasteiger partial charge in [0.2, 0.25) is 0 Å². The molecule has 4 aromatic rings. The van der Waals surface area contributed by atoms with Crippen LogP contribution in [0.3, 0.4) is 0 Å². The maximum Gasteiger partial charge on any atom is 0.416 e. The number of aryl methyl sites for hydroxylation is 1. The lowest BCUT2D eigenvalue weighted by molar-refractivity contribution is -0.137. The number of nitrogens with one attached hydrogen (secondary N) is 1. The first-order chi connectivity index (χ1) is 16.8. The van der Waals surface area contributed by atoms with Crippen LogP contribution >= 0.6 is 0 Å².